The van der Waals surface area contributed by atoms with Gasteiger partial charge in [0.25, 0.3) is 0 Å². The molecule has 1 aromatic heterocycles. The predicted molar refractivity (Wildman–Crippen MR) is 216 cm³/mol. The van der Waals surface area contributed by atoms with E-state index >= 15 is 0 Å². The Morgan fingerprint density at radius 1 is 1.12 bits per heavy atom. The van der Waals surface area contributed by atoms with Crippen molar-refractivity contribution in [3.8, 4) is 0 Å². The van der Waals surface area contributed by atoms with Gasteiger partial charge in [0.05, 0.1) is 54.3 Å². The maximum Gasteiger partial charge on any atom is 0.242 e. The monoisotopic (exact) mass is 762 g/mol. The molecule has 4 N–H and O–H groups in total. The van der Waals surface area contributed by atoms with Gasteiger partial charge in [-0.3, -0.25) is 14.4 Å². The van der Waals surface area contributed by atoms with Crippen LogP contribution in [0.15, 0.2) is 41.9 Å². The maximum absolute atomic E-state index is 13.8. The largest absolute Gasteiger partial charge is 0.379 e. The molecule has 3 rings (SSSR count). The number of nitrogens with one attached hydrogen (secondary N) is 2. The van der Waals surface area contributed by atoms with E-state index in [4.69, 9.17) is 27.4 Å². The third-order valence-corrected chi connectivity index (χ3v) is 10.4. The first-order valence-electron chi connectivity index (χ1n) is 18.4. The number of hydrogen-bond donors (Lipinski definition) is 3. The molecule has 0 radical (unpaired) electrons. The fraction of sp³-hybridized carbons (Fsp3) is 0.667. The van der Waals surface area contributed by atoms with E-state index in [1.807, 2.05) is 49.3 Å². The van der Waals surface area contributed by atoms with E-state index in [1.165, 1.54) is 12.0 Å². The number of aryl methyl sites for hydroxylation is 1. The summed E-state index contributed by atoms with van der Waals surface area (Å²) in [6, 6.07) is 9.75. The first kappa shape index (κ1) is 47.1. The van der Waals surface area contributed by atoms with Crippen LogP contribution in [0.3, 0.4) is 0 Å². The van der Waals surface area contributed by atoms with Gasteiger partial charge in [0.1, 0.15) is 5.01 Å². The third-order valence-electron chi connectivity index (χ3n) is 9.13. The number of thiazole rings is 1. The van der Waals surface area contributed by atoms with Crippen molar-refractivity contribution in [2.75, 3.05) is 34.4 Å². The van der Waals surface area contributed by atoms with Crippen molar-refractivity contribution >= 4 is 46.3 Å². The van der Waals surface area contributed by atoms with Crippen LogP contribution in [-0.4, -0.2) is 102 Å². The van der Waals surface area contributed by atoms with Crippen LogP contribution in [-0.2, 0) is 30.4 Å². The van der Waals surface area contributed by atoms with Gasteiger partial charge in [-0.2, -0.15) is 0 Å². The van der Waals surface area contributed by atoms with E-state index < -0.39 is 17.6 Å². The standard InChI is InChI=1S/C29H50N6O5S2.C7H8.C3H8/c1-9-18(2)25(34(6)24(37)17-33-28(38)29(4,5)30)21(39-7)15-23(36)35-13-10-11-20(35)26(40-8)19(3)27(41)32-16-22-31-12-14-42-22;1-7-5-3-2-4-6-7;1-3-2/h12,14,18-21,25-26H,9-11,13,15-17,30H2,1-8H3,(H,32,41)(H,33,38);2-6H,1H3;3H2,1-2H3. The second kappa shape index (κ2) is 24.4. The number of aromatic nitrogens is 1. The second-order valence-electron chi connectivity index (χ2n) is 14.1. The minimum Gasteiger partial charge on any atom is -0.379 e. The molecule has 6 atom stereocenters. The number of ether oxygens (including phenoxy) is 2. The van der Waals surface area contributed by atoms with Gasteiger partial charge in [0.15, 0.2) is 0 Å². The molecule has 52 heavy (non-hydrogen) atoms. The molecule has 0 spiro atoms. The van der Waals surface area contributed by atoms with E-state index in [1.54, 1.807) is 57.5 Å². The molecule has 1 aliphatic heterocycles. The van der Waals surface area contributed by atoms with Crippen molar-refractivity contribution in [1.82, 2.24) is 25.4 Å². The first-order chi connectivity index (χ1) is 24.6. The van der Waals surface area contributed by atoms with Crippen LogP contribution >= 0.6 is 23.6 Å². The van der Waals surface area contributed by atoms with Crippen LogP contribution in [0.5, 0.6) is 0 Å². The summed E-state index contributed by atoms with van der Waals surface area (Å²) in [6.07, 6.45) is 4.76. The number of carbonyl (C=O) groups excluding carboxylic acids is 3. The SMILES string of the molecule is CCC.CCC(C)C(C(CC(=O)N1CCCC1C(OC)C(C)C(=S)NCc1nccs1)OC)N(C)C(=O)CNC(=O)C(C)(C)N.Cc1ccccc1. The van der Waals surface area contributed by atoms with Gasteiger partial charge in [-0.25, -0.2) is 4.98 Å². The number of likely N-dealkylation sites (N-methyl/N-ethyl adjacent to an activating group) is 1. The number of methoxy groups -OCH3 is 2. The minimum atomic E-state index is -1.10. The Kier molecular flexibility index (Phi) is 22.0. The number of thiocarbonyl (C=S) groups is 1. The van der Waals surface area contributed by atoms with E-state index in [9.17, 15) is 14.4 Å². The van der Waals surface area contributed by atoms with Gasteiger partial charge < -0.3 is 35.6 Å². The first-order valence-corrected chi connectivity index (χ1v) is 19.7. The summed E-state index contributed by atoms with van der Waals surface area (Å²) in [7, 11) is 4.92. The summed E-state index contributed by atoms with van der Waals surface area (Å²) < 4.78 is 11.8. The van der Waals surface area contributed by atoms with Crippen molar-refractivity contribution in [2.24, 2.45) is 17.6 Å². The van der Waals surface area contributed by atoms with Crippen molar-refractivity contribution in [3.05, 3.63) is 52.5 Å². The Morgan fingerprint density at radius 2 is 1.75 bits per heavy atom. The van der Waals surface area contributed by atoms with Crippen LogP contribution in [0.25, 0.3) is 0 Å². The lowest BCUT2D eigenvalue weighted by Gasteiger charge is -2.39. The Bertz CT molecular complexity index is 1320. The molecular formula is C39H66N6O5S2. The maximum atomic E-state index is 13.8. The van der Waals surface area contributed by atoms with Gasteiger partial charge in [-0.05, 0) is 39.5 Å². The van der Waals surface area contributed by atoms with Crippen LogP contribution in [0.4, 0.5) is 0 Å². The molecule has 2 heterocycles. The summed E-state index contributed by atoms with van der Waals surface area (Å²) in [5.41, 5.74) is 6.07. The average Bonchev–Trinajstić information content (AvgIpc) is 3.83. The summed E-state index contributed by atoms with van der Waals surface area (Å²) in [5, 5.41) is 8.79. The van der Waals surface area contributed by atoms with Gasteiger partial charge in [0, 0.05) is 45.3 Å². The number of benzene rings is 1. The smallest absolute Gasteiger partial charge is 0.242 e. The van der Waals surface area contributed by atoms with Crippen LogP contribution in [0.2, 0.25) is 0 Å². The number of rotatable bonds is 16. The molecule has 1 aliphatic rings. The molecule has 0 aliphatic carbocycles. The highest BCUT2D eigenvalue weighted by molar-refractivity contribution is 7.80. The molecule has 13 heteroatoms. The summed E-state index contributed by atoms with van der Waals surface area (Å²) in [4.78, 5) is 47.6. The van der Waals surface area contributed by atoms with Crippen LogP contribution in [0, 0.1) is 18.8 Å². The quantitative estimate of drug-likeness (QED) is 0.183. The normalized spacial score (nSPS) is 16.8. The van der Waals surface area contributed by atoms with Gasteiger partial charge in [-0.1, -0.05) is 95.6 Å². The fourth-order valence-corrected chi connectivity index (χ4v) is 6.79. The number of nitrogens with zero attached hydrogens (tertiary/aromatic N) is 3. The van der Waals surface area contributed by atoms with Crippen molar-refractivity contribution in [3.63, 3.8) is 0 Å². The Hall–Kier alpha value is -2.97. The van der Waals surface area contributed by atoms with Gasteiger partial charge in [-0.15, -0.1) is 11.3 Å². The number of carbonyl (C=O) groups is 3. The molecule has 3 amide bonds. The number of nitrogens with two attached hydrogens (primary N) is 1. The summed E-state index contributed by atoms with van der Waals surface area (Å²) in [5.74, 6) is -0.818. The number of amides is 3. The zero-order valence-corrected chi connectivity index (χ0v) is 35.1. The van der Waals surface area contributed by atoms with Crippen molar-refractivity contribution in [2.45, 2.75) is 124 Å². The molecule has 1 saturated heterocycles. The lowest BCUT2D eigenvalue weighted by molar-refractivity contribution is -0.144. The van der Waals surface area contributed by atoms with Crippen LogP contribution in [0.1, 0.15) is 91.1 Å². The van der Waals surface area contributed by atoms with E-state index in [0.29, 0.717) is 18.1 Å². The molecule has 1 fully saturated rings. The van der Waals surface area contributed by atoms with Gasteiger partial charge >= 0.3 is 0 Å². The average molecular weight is 763 g/mol. The van der Waals surface area contributed by atoms with Gasteiger partial charge in [0.2, 0.25) is 17.7 Å². The topological polar surface area (TPSA) is 139 Å². The second-order valence-corrected chi connectivity index (χ2v) is 15.5. The zero-order valence-electron chi connectivity index (χ0n) is 33.4. The Balaban J connectivity index is 0.00000117. The molecular weight excluding hydrogens is 697 g/mol. The highest BCUT2D eigenvalue weighted by Gasteiger charge is 2.41. The Morgan fingerprint density at radius 3 is 2.23 bits per heavy atom. The molecule has 2 aromatic rings. The number of likely N-dealkylation sites (tertiary alicyclic amines) is 1. The van der Waals surface area contributed by atoms with E-state index in [2.05, 4.69) is 48.5 Å². The Labute approximate surface area is 322 Å². The van der Waals surface area contributed by atoms with Crippen molar-refractivity contribution < 1.29 is 23.9 Å². The zero-order chi connectivity index (χ0) is 39.4. The molecule has 6 unspecified atom stereocenters. The minimum absolute atomic E-state index is 0.0424. The lowest BCUT2D eigenvalue weighted by Crippen LogP contribution is -2.55. The molecule has 294 valence electrons. The third kappa shape index (κ3) is 15.6. The molecule has 0 saturated carbocycles. The highest BCUT2D eigenvalue weighted by atomic mass is 32.1. The number of hydrogen-bond acceptors (Lipinski definition) is 9. The lowest BCUT2D eigenvalue weighted by atomic mass is 9.90. The van der Waals surface area contributed by atoms with E-state index in [-0.39, 0.29) is 54.8 Å². The molecule has 1 aromatic carbocycles. The van der Waals surface area contributed by atoms with Crippen molar-refractivity contribution in [1.29, 1.82) is 0 Å². The van der Waals surface area contributed by atoms with Crippen LogP contribution < -0.4 is 16.4 Å². The summed E-state index contributed by atoms with van der Waals surface area (Å²) >= 11 is 7.26. The fourth-order valence-electron chi connectivity index (χ4n) is 6.03. The highest BCUT2D eigenvalue weighted by Crippen LogP contribution is 2.29. The molecule has 0 bridgehead atoms. The molecule has 11 nitrogen and oxygen atoms in total. The van der Waals surface area contributed by atoms with E-state index in [0.717, 1.165) is 24.3 Å². The summed E-state index contributed by atoms with van der Waals surface area (Å²) in [6.45, 7) is 16.6. The predicted octanol–water partition coefficient (Wildman–Crippen LogP) is 5.75.